The van der Waals surface area contributed by atoms with Crippen molar-refractivity contribution in [2.75, 3.05) is 0 Å². The van der Waals surface area contributed by atoms with Crippen LogP contribution in [0.15, 0.2) is 42.5 Å². The zero-order valence-corrected chi connectivity index (χ0v) is 9.82. The molecule has 0 saturated carbocycles. The van der Waals surface area contributed by atoms with Crippen molar-refractivity contribution in [3.05, 3.63) is 53.6 Å². The van der Waals surface area contributed by atoms with Crippen LogP contribution in [0.5, 0.6) is 17.2 Å². The molecule has 0 fully saturated rings. The second-order valence-electron chi connectivity index (χ2n) is 4.10. The lowest BCUT2D eigenvalue weighted by Crippen LogP contribution is -2.12. The van der Waals surface area contributed by atoms with Gasteiger partial charge in [-0.15, -0.1) is 0 Å². The van der Waals surface area contributed by atoms with Gasteiger partial charge >= 0.3 is 0 Å². The fourth-order valence-electron chi connectivity index (χ4n) is 1.71. The topological polar surface area (TPSA) is 98.0 Å². The molecule has 1 atom stereocenters. The number of hydrogen-bond donors (Lipinski definition) is 4. The molecule has 0 amide bonds. The molecule has 0 spiro atoms. The molecule has 0 aliphatic carbocycles. The number of aliphatic hydroxyl groups excluding tert-OH is 1. The average Bonchev–Trinajstić information content (AvgIpc) is 2.37. The first-order valence-electron chi connectivity index (χ1n) is 5.51. The molecule has 4 N–H and O–H groups in total. The number of ketones is 1. The van der Waals surface area contributed by atoms with E-state index >= 15 is 0 Å². The van der Waals surface area contributed by atoms with Crippen molar-refractivity contribution in [2.45, 2.75) is 6.10 Å². The van der Waals surface area contributed by atoms with Crippen molar-refractivity contribution in [3.8, 4) is 17.2 Å². The number of hydrogen-bond acceptors (Lipinski definition) is 5. The minimum absolute atomic E-state index is 0.0149. The van der Waals surface area contributed by atoms with Gasteiger partial charge in [0, 0.05) is 11.6 Å². The van der Waals surface area contributed by atoms with Crippen LogP contribution in [0.25, 0.3) is 0 Å². The van der Waals surface area contributed by atoms with E-state index in [0.717, 1.165) is 6.07 Å². The van der Waals surface area contributed by atoms with Gasteiger partial charge in [-0.1, -0.05) is 0 Å². The third-order valence-electron chi connectivity index (χ3n) is 2.64. The number of carbonyl (C=O) groups excluding carboxylic acids is 1. The SMILES string of the molecule is O=C(c1ccc(O)cc1)[C@@H](O)c1cc(O)cc(O)c1. The lowest BCUT2D eigenvalue weighted by Gasteiger charge is -2.11. The molecule has 0 aromatic heterocycles. The van der Waals surface area contributed by atoms with E-state index in [1.807, 2.05) is 0 Å². The number of phenols is 3. The summed E-state index contributed by atoms with van der Waals surface area (Å²) in [5.74, 6) is -1.06. The maximum absolute atomic E-state index is 12.0. The largest absolute Gasteiger partial charge is 0.508 e. The summed E-state index contributed by atoms with van der Waals surface area (Å²) in [7, 11) is 0. The number of benzene rings is 2. The third-order valence-corrected chi connectivity index (χ3v) is 2.64. The van der Waals surface area contributed by atoms with Gasteiger partial charge in [0.2, 0.25) is 0 Å². The molecule has 0 radical (unpaired) electrons. The fraction of sp³-hybridized carbons (Fsp3) is 0.0714. The molecule has 2 aromatic carbocycles. The summed E-state index contributed by atoms with van der Waals surface area (Å²) >= 11 is 0. The molecule has 2 aromatic rings. The summed E-state index contributed by atoms with van der Waals surface area (Å²) in [6.07, 6.45) is -1.50. The molecule has 0 unspecified atom stereocenters. The zero-order chi connectivity index (χ0) is 14.0. The Morgan fingerprint density at radius 3 is 1.89 bits per heavy atom. The molecule has 98 valence electrons. The van der Waals surface area contributed by atoms with Crippen LogP contribution in [0, 0.1) is 0 Å². The number of Topliss-reactive ketones (excluding diaryl/α,β-unsaturated/α-hetero) is 1. The highest BCUT2D eigenvalue weighted by molar-refractivity contribution is 6.00. The molecule has 0 aliphatic rings. The Bertz CT molecular complexity index is 583. The van der Waals surface area contributed by atoms with Crippen molar-refractivity contribution in [1.29, 1.82) is 0 Å². The normalized spacial score (nSPS) is 12.1. The van der Waals surface area contributed by atoms with Crippen molar-refractivity contribution in [3.63, 3.8) is 0 Å². The smallest absolute Gasteiger partial charge is 0.195 e. The summed E-state index contributed by atoms with van der Waals surface area (Å²) in [6.45, 7) is 0. The molecule has 5 heteroatoms. The summed E-state index contributed by atoms with van der Waals surface area (Å²) in [5, 5.41) is 37.7. The maximum Gasteiger partial charge on any atom is 0.195 e. The van der Waals surface area contributed by atoms with Gasteiger partial charge in [-0.25, -0.2) is 0 Å². The van der Waals surface area contributed by atoms with E-state index in [0.29, 0.717) is 0 Å². The number of rotatable bonds is 3. The molecule has 2 rings (SSSR count). The van der Waals surface area contributed by atoms with Crippen LogP contribution >= 0.6 is 0 Å². The van der Waals surface area contributed by atoms with E-state index in [1.165, 1.54) is 36.4 Å². The predicted octanol–water partition coefficient (Wildman–Crippen LogP) is 1.72. The third kappa shape index (κ3) is 2.83. The average molecular weight is 260 g/mol. The van der Waals surface area contributed by atoms with Crippen LogP contribution in [0.4, 0.5) is 0 Å². The number of aliphatic hydroxyl groups is 1. The highest BCUT2D eigenvalue weighted by Crippen LogP contribution is 2.27. The summed E-state index contributed by atoms with van der Waals surface area (Å²) in [4.78, 5) is 12.0. The van der Waals surface area contributed by atoms with E-state index in [9.17, 15) is 20.1 Å². The van der Waals surface area contributed by atoms with Gasteiger partial charge in [0.1, 0.15) is 23.4 Å². The van der Waals surface area contributed by atoms with Crippen LogP contribution in [0.2, 0.25) is 0 Å². The number of aromatic hydroxyl groups is 3. The van der Waals surface area contributed by atoms with Crippen LogP contribution in [-0.2, 0) is 0 Å². The molecular formula is C14H12O5. The lowest BCUT2D eigenvalue weighted by molar-refractivity contribution is 0.0747. The summed E-state index contributed by atoms with van der Waals surface area (Å²) in [5.41, 5.74) is 0.309. The van der Waals surface area contributed by atoms with E-state index in [1.54, 1.807) is 0 Å². The van der Waals surface area contributed by atoms with Crippen molar-refractivity contribution in [2.24, 2.45) is 0 Å². The molecule has 19 heavy (non-hydrogen) atoms. The van der Waals surface area contributed by atoms with E-state index in [4.69, 9.17) is 5.11 Å². The van der Waals surface area contributed by atoms with E-state index in [-0.39, 0.29) is 28.4 Å². The maximum atomic E-state index is 12.0. The molecule has 0 saturated heterocycles. The van der Waals surface area contributed by atoms with Crippen LogP contribution in [-0.4, -0.2) is 26.2 Å². The van der Waals surface area contributed by atoms with E-state index in [2.05, 4.69) is 0 Å². The van der Waals surface area contributed by atoms with Crippen LogP contribution in [0.1, 0.15) is 22.0 Å². The Morgan fingerprint density at radius 1 is 0.842 bits per heavy atom. The Hall–Kier alpha value is -2.53. The van der Waals surface area contributed by atoms with Crippen LogP contribution in [0.3, 0.4) is 0 Å². The van der Waals surface area contributed by atoms with E-state index < -0.39 is 11.9 Å². The first-order valence-corrected chi connectivity index (χ1v) is 5.51. The van der Waals surface area contributed by atoms with Crippen molar-refractivity contribution in [1.82, 2.24) is 0 Å². The van der Waals surface area contributed by atoms with Gasteiger partial charge in [-0.05, 0) is 42.0 Å². The Morgan fingerprint density at radius 2 is 1.37 bits per heavy atom. The second-order valence-corrected chi connectivity index (χ2v) is 4.10. The lowest BCUT2D eigenvalue weighted by atomic mass is 9.99. The second kappa shape index (κ2) is 4.99. The van der Waals surface area contributed by atoms with Gasteiger partial charge in [0.05, 0.1) is 0 Å². The molecule has 5 nitrogen and oxygen atoms in total. The van der Waals surface area contributed by atoms with Crippen molar-refractivity contribution >= 4 is 5.78 Å². The van der Waals surface area contributed by atoms with Gasteiger partial charge < -0.3 is 20.4 Å². The minimum Gasteiger partial charge on any atom is -0.508 e. The number of carbonyl (C=O) groups is 1. The first kappa shape index (κ1) is 12.9. The molecule has 0 aliphatic heterocycles. The first-order chi connectivity index (χ1) is 8.97. The van der Waals surface area contributed by atoms with Gasteiger partial charge in [0.15, 0.2) is 5.78 Å². The summed E-state index contributed by atoms with van der Waals surface area (Å²) < 4.78 is 0. The quantitative estimate of drug-likeness (QED) is 0.630. The Labute approximate surface area is 109 Å². The molecule has 0 bridgehead atoms. The molecule has 0 heterocycles. The number of phenolic OH excluding ortho intramolecular Hbond substituents is 3. The van der Waals surface area contributed by atoms with Crippen molar-refractivity contribution < 1.29 is 25.2 Å². The standard InChI is InChI=1S/C14H12O5/c15-10-3-1-8(2-4-10)13(18)14(19)9-5-11(16)7-12(17)6-9/h1-7,14-17,19H/t14-/m0/s1. The zero-order valence-electron chi connectivity index (χ0n) is 9.82. The highest BCUT2D eigenvalue weighted by atomic mass is 16.3. The highest BCUT2D eigenvalue weighted by Gasteiger charge is 2.20. The monoisotopic (exact) mass is 260 g/mol. The minimum atomic E-state index is -1.50. The Balaban J connectivity index is 2.30. The van der Waals surface area contributed by atoms with Gasteiger partial charge in [-0.2, -0.15) is 0 Å². The van der Waals surface area contributed by atoms with Gasteiger partial charge in [-0.3, -0.25) is 4.79 Å². The Kier molecular flexibility index (Phi) is 3.39. The van der Waals surface area contributed by atoms with Gasteiger partial charge in [0.25, 0.3) is 0 Å². The predicted molar refractivity (Wildman–Crippen MR) is 67.2 cm³/mol. The van der Waals surface area contributed by atoms with Crippen LogP contribution < -0.4 is 0 Å². The molecular weight excluding hydrogens is 248 g/mol. The fourth-order valence-corrected chi connectivity index (χ4v) is 1.71. The summed E-state index contributed by atoms with van der Waals surface area (Å²) in [6, 6.07) is 8.92.